The summed E-state index contributed by atoms with van der Waals surface area (Å²) in [5, 5.41) is 6.07. The van der Waals surface area contributed by atoms with Crippen LogP contribution in [0.5, 0.6) is 0 Å². The molecule has 0 radical (unpaired) electrons. The minimum Gasteiger partial charge on any atom is -0.344 e. The fraction of sp³-hybridized carbons (Fsp3) is 0.176. The highest BCUT2D eigenvalue weighted by molar-refractivity contribution is 7.89. The molecule has 0 unspecified atom stereocenters. The molecule has 0 fully saturated rings. The van der Waals surface area contributed by atoms with Crippen LogP contribution in [0.3, 0.4) is 0 Å². The van der Waals surface area contributed by atoms with Crippen molar-refractivity contribution >= 4 is 20.9 Å². The number of hydrogen-bond donors (Lipinski definition) is 1. The number of nitrogens with zero attached hydrogens (tertiary/aromatic N) is 1. The fourth-order valence-corrected chi connectivity index (χ4v) is 3.23. The normalized spacial score (nSPS) is 12.0. The van der Waals surface area contributed by atoms with Gasteiger partial charge < -0.3 is 4.57 Å². The molecular weight excluding hydrogens is 296 g/mol. The van der Waals surface area contributed by atoms with Gasteiger partial charge in [-0.3, -0.25) is 0 Å². The lowest BCUT2D eigenvalue weighted by Crippen LogP contribution is -2.11. The standard InChI is InChI=1S/C17H18N2O2S/c1-11-4-5-13(8-12(11)2)17-10-14-9-15(22(18,20)21)6-7-16(14)19(17)3/h4-10H,1-3H3,(H2,18,20,21). The molecule has 5 heteroatoms. The van der Waals surface area contributed by atoms with E-state index < -0.39 is 10.0 Å². The third-order valence-electron chi connectivity index (χ3n) is 4.15. The average Bonchev–Trinajstić information content (AvgIpc) is 2.78. The van der Waals surface area contributed by atoms with Crippen molar-refractivity contribution in [3.05, 3.63) is 53.6 Å². The highest BCUT2D eigenvalue weighted by atomic mass is 32.2. The van der Waals surface area contributed by atoms with Crippen LogP contribution in [0.25, 0.3) is 22.2 Å². The van der Waals surface area contributed by atoms with Crippen molar-refractivity contribution in [2.24, 2.45) is 12.2 Å². The van der Waals surface area contributed by atoms with Gasteiger partial charge in [0, 0.05) is 23.6 Å². The molecule has 0 saturated carbocycles. The summed E-state index contributed by atoms with van der Waals surface area (Å²) in [4.78, 5) is 0.136. The third kappa shape index (κ3) is 2.42. The number of benzene rings is 2. The monoisotopic (exact) mass is 314 g/mol. The van der Waals surface area contributed by atoms with Gasteiger partial charge in [0.05, 0.1) is 4.90 Å². The van der Waals surface area contributed by atoms with Gasteiger partial charge in [0.1, 0.15) is 0 Å². The number of sulfonamides is 1. The maximum atomic E-state index is 11.5. The van der Waals surface area contributed by atoms with Gasteiger partial charge in [-0.05, 0) is 60.9 Å². The molecule has 1 heterocycles. The first-order valence-corrected chi connectivity index (χ1v) is 8.52. The second kappa shape index (κ2) is 4.97. The quantitative estimate of drug-likeness (QED) is 0.790. The van der Waals surface area contributed by atoms with Crippen molar-refractivity contribution in [1.29, 1.82) is 0 Å². The van der Waals surface area contributed by atoms with Gasteiger partial charge in [0.25, 0.3) is 0 Å². The van der Waals surface area contributed by atoms with Gasteiger partial charge in [-0.15, -0.1) is 0 Å². The average molecular weight is 314 g/mol. The zero-order valence-corrected chi connectivity index (χ0v) is 13.6. The Hall–Kier alpha value is -2.11. The summed E-state index contributed by atoms with van der Waals surface area (Å²) in [6, 6.07) is 13.3. The Morgan fingerprint density at radius 3 is 2.32 bits per heavy atom. The lowest BCUT2D eigenvalue weighted by Gasteiger charge is -2.07. The number of fused-ring (bicyclic) bond motifs is 1. The van der Waals surface area contributed by atoms with Crippen LogP contribution in [-0.4, -0.2) is 13.0 Å². The van der Waals surface area contributed by atoms with Crippen LogP contribution in [-0.2, 0) is 17.1 Å². The van der Waals surface area contributed by atoms with Crippen molar-refractivity contribution in [2.45, 2.75) is 18.7 Å². The second-order valence-electron chi connectivity index (χ2n) is 5.65. The van der Waals surface area contributed by atoms with E-state index in [1.807, 2.05) is 13.1 Å². The van der Waals surface area contributed by atoms with Crippen molar-refractivity contribution in [3.8, 4) is 11.3 Å². The maximum absolute atomic E-state index is 11.5. The third-order valence-corrected chi connectivity index (χ3v) is 5.06. The van der Waals surface area contributed by atoms with Crippen LogP contribution in [0.15, 0.2) is 47.4 Å². The van der Waals surface area contributed by atoms with E-state index in [1.165, 1.54) is 11.1 Å². The number of hydrogen-bond acceptors (Lipinski definition) is 2. The van der Waals surface area contributed by atoms with Crippen molar-refractivity contribution < 1.29 is 8.42 Å². The molecule has 1 aromatic heterocycles. The molecule has 0 bridgehead atoms. The van der Waals surface area contributed by atoms with Crippen LogP contribution in [0.4, 0.5) is 0 Å². The van der Waals surface area contributed by atoms with Crippen LogP contribution in [0, 0.1) is 13.8 Å². The number of aromatic nitrogens is 1. The summed E-state index contributed by atoms with van der Waals surface area (Å²) in [6.45, 7) is 4.17. The summed E-state index contributed by atoms with van der Waals surface area (Å²) >= 11 is 0. The molecule has 0 aliphatic carbocycles. The molecule has 2 aromatic carbocycles. The predicted molar refractivity (Wildman–Crippen MR) is 89.2 cm³/mol. The Labute approximate surface area is 130 Å². The molecule has 0 aliphatic rings. The highest BCUT2D eigenvalue weighted by Crippen LogP contribution is 2.29. The Morgan fingerprint density at radius 1 is 0.955 bits per heavy atom. The Balaban J connectivity index is 2.23. The molecule has 0 spiro atoms. The Kier molecular flexibility index (Phi) is 3.34. The Morgan fingerprint density at radius 2 is 1.68 bits per heavy atom. The molecule has 0 atom stereocenters. The van der Waals surface area contributed by atoms with Crippen LogP contribution in [0.2, 0.25) is 0 Å². The summed E-state index contributed by atoms with van der Waals surface area (Å²) < 4.78 is 25.0. The molecule has 2 N–H and O–H groups in total. The number of rotatable bonds is 2. The molecule has 3 rings (SSSR count). The lowest BCUT2D eigenvalue weighted by atomic mass is 10.0. The van der Waals surface area contributed by atoms with Gasteiger partial charge in [0.2, 0.25) is 10.0 Å². The molecule has 114 valence electrons. The first kappa shape index (κ1) is 14.8. The van der Waals surface area contributed by atoms with Crippen molar-refractivity contribution in [3.63, 3.8) is 0 Å². The molecule has 22 heavy (non-hydrogen) atoms. The topological polar surface area (TPSA) is 65.1 Å². The van der Waals surface area contributed by atoms with E-state index in [-0.39, 0.29) is 4.90 Å². The van der Waals surface area contributed by atoms with Gasteiger partial charge >= 0.3 is 0 Å². The van der Waals surface area contributed by atoms with E-state index in [1.54, 1.807) is 18.2 Å². The maximum Gasteiger partial charge on any atom is 0.238 e. The summed E-state index contributed by atoms with van der Waals surface area (Å²) in [5.74, 6) is 0. The van der Waals surface area contributed by atoms with E-state index in [0.717, 1.165) is 22.2 Å². The minimum absolute atomic E-state index is 0.136. The van der Waals surface area contributed by atoms with E-state index in [0.29, 0.717) is 0 Å². The molecular formula is C17H18N2O2S. The van der Waals surface area contributed by atoms with Crippen LogP contribution >= 0.6 is 0 Å². The second-order valence-corrected chi connectivity index (χ2v) is 7.21. The fourth-order valence-electron chi connectivity index (χ4n) is 2.68. The molecule has 0 aliphatic heterocycles. The SMILES string of the molecule is Cc1ccc(-c2cc3cc(S(N)(=O)=O)ccc3n2C)cc1C. The van der Waals surface area contributed by atoms with E-state index in [9.17, 15) is 8.42 Å². The van der Waals surface area contributed by atoms with E-state index in [2.05, 4.69) is 36.6 Å². The van der Waals surface area contributed by atoms with Gasteiger partial charge in [-0.25, -0.2) is 13.6 Å². The minimum atomic E-state index is -3.68. The zero-order chi connectivity index (χ0) is 16.1. The smallest absolute Gasteiger partial charge is 0.238 e. The number of nitrogens with two attached hydrogens (primary N) is 1. The van der Waals surface area contributed by atoms with Crippen LogP contribution in [0.1, 0.15) is 11.1 Å². The molecule has 3 aromatic rings. The Bertz CT molecular complexity index is 985. The first-order chi connectivity index (χ1) is 10.3. The van der Waals surface area contributed by atoms with E-state index in [4.69, 9.17) is 5.14 Å². The zero-order valence-electron chi connectivity index (χ0n) is 12.8. The molecule has 0 amide bonds. The summed E-state index contributed by atoms with van der Waals surface area (Å²) in [7, 11) is -1.71. The summed E-state index contributed by atoms with van der Waals surface area (Å²) in [5.41, 5.74) is 5.61. The first-order valence-electron chi connectivity index (χ1n) is 6.97. The molecule has 4 nitrogen and oxygen atoms in total. The largest absolute Gasteiger partial charge is 0.344 e. The summed E-state index contributed by atoms with van der Waals surface area (Å²) in [6.07, 6.45) is 0. The van der Waals surface area contributed by atoms with E-state index >= 15 is 0 Å². The predicted octanol–water partition coefficient (Wildman–Crippen LogP) is 3.11. The van der Waals surface area contributed by atoms with Gasteiger partial charge in [-0.2, -0.15) is 0 Å². The van der Waals surface area contributed by atoms with Gasteiger partial charge in [-0.1, -0.05) is 12.1 Å². The van der Waals surface area contributed by atoms with Crippen molar-refractivity contribution in [1.82, 2.24) is 4.57 Å². The number of aryl methyl sites for hydroxylation is 3. The van der Waals surface area contributed by atoms with Gasteiger partial charge in [0.15, 0.2) is 0 Å². The number of primary sulfonamides is 1. The molecule has 0 saturated heterocycles. The van der Waals surface area contributed by atoms with Crippen molar-refractivity contribution in [2.75, 3.05) is 0 Å². The van der Waals surface area contributed by atoms with Crippen LogP contribution < -0.4 is 5.14 Å². The lowest BCUT2D eigenvalue weighted by molar-refractivity contribution is 0.598. The highest BCUT2D eigenvalue weighted by Gasteiger charge is 2.13.